The monoisotopic (exact) mass is 269 g/mol. The second-order valence-corrected chi connectivity index (χ2v) is 3.57. The largest absolute Gasteiger partial charge is 0.466 e. The number of nitrogens with zero attached hydrogens (tertiary/aromatic N) is 3. The molecular formula is C11H19N5O3. The number of nitrogens with two attached hydrogens (primary N) is 1. The van der Waals surface area contributed by atoms with Crippen LogP contribution >= 0.6 is 0 Å². The Balaban J connectivity index is 2.38. The molecule has 19 heavy (non-hydrogen) atoms. The van der Waals surface area contributed by atoms with Gasteiger partial charge in [-0.2, -0.15) is 15.0 Å². The first-order valence-electron chi connectivity index (χ1n) is 6.19. The molecule has 0 atom stereocenters. The van der Waals surface area contributed by atoms with Crippen molar-refractivity contribution in [3.63, 3.8) is 0 Å². The molecule has 0 bridgehead atoms. The Bertz CT molecular complexity index is 413. The van der Waals surface area contributed by atoms with Gasteiger partial charge in [0, 0.05) is 13.0 Å². The minimum Gasteiger partial charge on any atom is -0.466 e. The summed E-state index contributed by atoms with van der Waals surface area (Å²) in [6, 6.07) is 0.183. The Morgan fingerprint density at radius 2 is 2.05 bits per heavy atom. The van der Waals surface area contributed by atoms with Crippen LogP contribution in [0.1, 0.15) is 26.7 Å². The van der Waals surface area contributed by atoms with Gasteiger partial charge in [0.2, 0.25) is 11.9 Å². The summed E-state index contributed by atoms with van der Waals surface area (Å²) in [5.74, 6) is 0.209. The zero-order valence-corrected chi connectivity index (χ0v) is 11.2. The molecule has 0 saturated carbocycles. The van der Waals surface area contributed by atoms with Crippen LogP contribution in [0.25, 0.3) is 0 Å². The standard InChI is InChI=1S/C11H19N5O3/c1-3-18-8(17)6-5-7-13-10-14-9(12)15-11(16-10)19-4-2/h3-7H2,1-2H3,(H3,12,13,14,15,16). The Labute approximate surface area is 111 Å². The van der Waals surface area contributed by atoms with E-state index in [0.717, 1.165) is 0 Å². The molecule has 0 aliphatic rings. The molecule has 0 radical (unpaired) electrons. The highest BCUT2D eigenvalue weighted by molar-refractivity contribution is 5.69. The minimum absolute atomic E-state index is 0.0892. The number of carbonyl (C=O) groups is 1. The van der Waals surface area contributed by atoms with E-state index >= 15 is 0 Å². The summed E-state index contributed by atoms with van der Waals surface area (Å²) in [6.07, 6.45) is 0.966. The Morgan fingerprint density at radius 3 is 2.74 bits per heavy atom. The number of rotatable bonds is 8. The van der Waals surface area contributed by atoms with Crippen LogP contribution in [0.2, 0.25) is 0 Å². The number of ether oxygens (including phenoxy) is 2. The third-order valence-corrected chi connectivity index (χ3v) is 2.05. The lowest BCUT2D eigenvalue weighted by atomic mass is 10.3. The van der Waals surface area contributed by atoms with Gasteiger partial charge in [-0.1, -0.05) is 0 Å². The summed E-state index contributed by atoms with van der Waals surface area (Å²) in [5.41, 5.74) is 5.53. The first-order chi connectivity index (χ1) is 9.15. The molecule has 0 aromatic carbocycles. The van der Waals surface area contributed by atoms with Crippen molar-refractivity contribution in [1.29, 1.82) is 0 Å². The van der Waals surface area contributed by atoms with Crippen molar-refractivity contribution in [2.45, 2.75) is 26.7 Å². The number of nitrogen functional groups attached to an aromatic ring is 1. The molecule has 0 saturated heterocycles. The second kappa shape index (κ2) is 8.06. The van der Waals surface area contributed by atoms with Crippen molar-refractivity contribution in [3.05, 3.63) is 0 Å². The van der Waals surface area contributed by atoms with Crippen LogP contribution in [0.5, 0.6) is 6.01 Å². The average Bonchev–Trinajstić information content (AvgIpc) is 2.35. The van der Waals surface area contributed by atoms with Gasteiger partial charge in [0.1, 0.15) is 0 Å². The summed E-state index contributed by atoms with van der Waals surface area (Å²) >= 11 is 0. The summed E-state index contributed by atoms with van der Waals surface area (Å²) in [4.78, 5) is 22.9. The van der Waals surface area contributed by atoms with Crippen molar-refractivity contribution in [3.8, 4) is 6.01 Å². The van der Waals surface area contributed by atoms with Gasteiger partial charge in [0.25, 0.3) is 0 Å². The van der Waals surface area contributed by atoms with Crippen LogP contribution < -0.4 is 15.8 Å². The molecule has 1 aromatic rings. The molecule has 8 heteroatoms. The number of hydrogen-bond donors (Lipinski definition) is 2. The summed E-state index contributed by atoms with van der Waals surface area (Å²) in [6.45, 7) is 4.99. The fourth-order valence-electron chi connectivity index (χ4n) is 1.31. The quantitative estimate of drug-likeness (QED) is 0.521. The van der Waals surface area contributed by atoms with Gasteiger partial charge in [-0.15, -0.1) is 0 Å². The Kier molecular flexibility index (Phi) is 6.34. The molecule has 0 amide bonds. The average molecular weight is 269 g/mol. The van der Waals surface area contributed by atoms with Gasteiger partial charge in [0.05, 0.1) is 13.2 Å². The number of hydrogen-bond acceptors (Lipinski definition) is 8. The van der Waals surface area contributed by atoms with Gasteiger partial charge in [-0.25, -0.2) is 0 Å². The normalized spacial score (nSPS) is 10.0. The number of esters is 1. The highest BCUT2D eigenvalue weighted by Gasteiger charge is 2.05. The van der Waals surface area contributed by atoms with E-state index in [1.165, 1.54) is 0 Å². The van der Waals surface area contributed by atoms with E-state index in [1.807, 2.05) is 6.92 Å². The van der Waals surface area contributed by atoms with E-state index in [-0.39, 0.29) is 17.9 Å². The maximum absolute atomic E-state index is 11.1. The highest BCUT2D eigenvalue weighted by Crippen LogP contribution is 2.08. The zero-order valence-electron chi connectivity index (χ0n) is 11.2. The number of aromatic nitrogens is 3. The predicted molar refractivity (Wildman–Crippen MR) is 69.8 cm³/mol. The van der Waals surface area contributed by atoms with Crippen LogP contribution in [0.15, 0.2) is 0 Å². The van der Waals surface area contributed by atoms with Crippen LogP contribution in [0.4, 0.5) is 11.9 Å². The topological polar surface area (TPSA) is 112 Å². The van der Waals surface area contributed by atoms with Crippen molar-refractivity contribution in [2.24, 2.45) is 0 Å². The molecule has 8 nitrogen and oxygen atoms in total. The summed E-state index contributed by atoms with van der Waals surface area (Å²) in [5, 5.41) is 2.95. The van der Waals surface area contributed by atoms with Gasteiger partial charge in [-0.3, -0.25) is 4.79 Å². The number of nitrogens with one attached hydrogen (secondary N) is 1. The molecule has 0 unspecified atom stereocenters. The fraction of sp³-hybridized carbons (Fsp3) is 0.636. The first-order valence-corrected chi connectivity index (χ1v) is 6.19. The molecule has 1 heterocycles. The van der Waals surface area contributed by atoms with Gasteiger partial charge >= 0.3 is 12.0 Å². The SMILES string of the molecule is CCOC(=O)CCCNc1nc(N)nc(OCC)n1. The fourth-order valence-corrected chi connectivity index (χ4v) is 1.31. The molecule has 0 spiro atoms. The van der Waals surface area contributed by atoms with E-state index in [1.54, 1.807) is 6.92 Å². The molecule has 1 rings (SSSR count). The maximum Gasteiger partial charge on any atom is 0.323 e. The molecule has 0 fully saturated rings. The van der Waals surface area contributed by atoms with E-state index < -0.39 is 0 Å². The third-order valence-electron chi connectivity index (χ3n) is 2.05. The number of anilines is 2. The van der Waals surface area contributed by atoms with E-state index in [0.29, 0.717) is 38.5 Å². The van der Waals surface area contributed by atoms with Crippen LogP contribution in [-0.4, -0.2) is 40.7 Å². The molecule has 106 valence electrons. The van der Waals surface area contributed by atoms with Crippen molar-refractivity contribution >= 4 is 17.9 Å². The number of carbonyl (C=O) groups excluding carboxylic acids is 1. The van der Waals surface area contributed by atoms with E-state index in [9.17, 15) is 4.79 Å². The van der Waals surface area contributed by atoms with Gasteiger partial charge in [0.15, 0.2) is 0 Å². The van der Waals surface area contributed by atoms with Crippen molar-refractivity contribution in [2.75, 3.05) is 30.8 Å². The second-order valence-electron chi connectivity index (χ2n) is 3.57. The molecular weight excluding hydrogens is 250 g/mol. The zero-order chi connectivity index (χ0) is 14.1. The maximum atomic E-state index is 11.1. The van der Waals surface area contributed by atoms with Crippen molar-refractivity contribution < 1.29 is 14.3 Å². The molecule has 1 aromatic heterocycles. The Hall–Kier alpha value is -2.12. The molecule has 3 N–H and O–H groups in total. The molecule has 0 aliphatic carbocycles. The van der Waals surface area contributed by atoms with E-state index in [2.05, 4.69) is 20.3 Å². The van der Waals surface area contributed by atoms with Gasteiger partial charge < -0.3 is 20.5 Å². The Morgan fingerprint density at radius 1 is 1.26 bits per heavy atom. The first kappa shape index (κ1) is 14.9. The minimum atomic E-state index is -0.213. The lowest BCUT2D eigenvalue weighted by Gasteiger charge is -2.07. The lowest BCUT2D eigenvalue weighted by molar-refractivity contribution is -0.143. The molecule has 0 aliphatic heterocycles. The predicted octanol–water partition coefficient (Wildman–Crippen LogP) is 0.608. The highest BCUT2D eigenvalue weighted by atomic mass is 16.5. The smallest absolute Gasteiger partial charge is 0.323 e. The van der Waals surface area contributed by atoms with Crippen LogP contribution in [0.3, 0.4) is 0 Å². The van der Waals surface area contributed by atoms with E-state index in [4.69, 9.17) is 15.2 Å². The third kappa shape index (κ3) is 5.84. The van der Waals surface area contributed by atoms with Crippen LogP contribution in [0, 0.1) is 0 Å². The summed E-state index contributed by atoms with van der Waals surface area (Å²) < 4.78 is 9.96. The van der Waals surface area contributed by atoms with Crippen LogP contribution in [-0.2, 0) is 9.53 Å². The summed E-state index contributed by atoms with van der Waals surface area (Å²) in [7, 11) is 0. The lowest BCUT2D eigenvalue weighted by Crippen LogP contribution is -2.12. The van der Waals surface area contributed by atoms with Crippen molar-refractivity contribution in [1.82, 2.24) is 15.0 Å². The van der Waals surface area contributed by atoms with Gasteiger partial charge in [-0.05, 0) is 20.3 Å².